The van der Waals surface area contributed by atoms with Gasteiger partial charge in [0, 0.05) is 12.8 Å². The molecule has 0 radical (unpaired) electrons. The van der Waals surface area contributed by atoms with Gasteiger partial charge in [0.2, 0.25) is 0 Å². The first-order chi connectivity index (χ1) is 4.10. The third kappa shape index (κ3) is 1.77. The average molecular weight is 129 g/mol. The van der Waals surface area contributed by atoms with E-state index in [1.807, 2.05) is 0 Å². The number of hydrogen-bond donors (Lipinski definition) is 2. The molecule has 0 spiro atoms. The summed E-state index contributed by atoms with van der Waals surface area (Å²) in [4.78, 5) is 10.6. The molecule has 1 fully saturated rings. The van der Waals surface area contributed by atoms with Crippen LogP contribution in [0.25, 0.3) is 0 Å². The highest BCUT2D eigenvalue weighted by atomic mass is 16.3. The van der Waals surface area contributed by atoms with Crippen LogP contribution >= 0.6 is 0 Å². The lowest BCUT2D eigenvalue weighted by molar-refractivity contribution is -0.127. The molecule has 1 unspecified atom stereocenters. The largest absolute Gasteiger partial charge is 0.376 e. The third-order valence-corrected chi connectivity index (χ3v) is 1.57. The zero-order valence-corrected chi connectivity index (χ0v) is 5.26. The van der Waals surface area contributed by atoms with Crippen molar-refractivity contribution in [2.45, 2.75) is 31.4 Å². The molecule has 3 heteroatoms. The van der Waals surface area contributed by atoms with E-state index in [0.717, 1.165) is 6.42 Å². The fourth-order valence-electron chi connectivity index (χ4n) is 1.11. The van der Waals surface area contributed by atoms with E-state index in [1.165, 1.54) is 0 Å². The van der Waals surface area contributed by atoms with Crippen LogP contribution in [0.15, 0.2) is 0 Å². The summed E-state index contributed by atoms with van der Waals surface area (Å²) in [6, 6.07) is 0. The van der Waals surface area contributed by atoms with E-state index in [1.54, 1.807) is 0 Å². The van der Waals surface area contributed by atoms with Gasteiger partial charge >= 0.3 is 0 Å². The summed E-state index contributed by atoms with van der Waals surface area (Å²) in [5, 5.41) is 9.10. The van der Waals surface area contributed by atoms with Gasteiger partial charge < -0.3 is 10.8 Å². The highest BCUT2D eigenvalue weighted by molar-refractivity contribution is 5.80. The Morgan fingerprint density at radius 2 is 2.33 bits per heavy atom. The molecular formula is C6H11NO2. The molecule has 0 aromatic carbocycles. The van der Waals surface area contributed by atoms with Crippen molar-refractivity contribution in [3.8, 4) is 0 Å². The van der Waals surface area contributed by atoms with Crippen LogP contribution in [-0.2, 0) is 4.79 Å². The Kier molecular flexibility index (Phi) is 1.55. The third-order valence-electron chi connectivity index (χ3n) is 1.57. The zero-order chi connectivity index (χ0) is 6.91. The second-order valence-electron chi connectivity index (χ2n) is 2.67. The Morgan fingerprint density at radius 1 is 1.67 bits per heavy atom. The molecule has 1 saturated carbocycles. The summed E-state index contributed by atoms with van der Waals surface area (Å²) < 4.78 is 0. The Morgan fingerprint density at radius 3 is 2.67 bits per heavy atom. The fourth-order valence-corrected chi connectivity index (χ4v) is 1.11. The van der Waals surface area contributed by atoms with Gasteiger partial charge in [0.1, 0.15) is 11.5 Å². The maximum absolute atomic E-state index is 10.6. The molecule has 3 nitrogen and oxygen atoms in total. The summed E-state index contributed by atoms with van der Waals surface area (Å²) in [7, 11) is 0. The second kappa shape index (κ2) is 2.08. The standard InChI is InChI=1S/C6H11NO2/c7-6(9)3-1-2-5(8)4-6/h9H,1-4,7H2. The SMILES string of the molecule is NC1(O)CCCC(=O)C1. The fraction of sp³-hybridized carbons (Fsp3) is 0.833. The molecule has 0 bridgehead atoms. The van der Waals surface area contributed by atoms with E-state index >= 15 is 0 Å². The predicted octanol–water partition coefficient (Wildman–Crippen LogP) is -0.223. The molecule has 1 aliphatic carbocycles. The van der Waals surface area contributed by atoms with Crippen molar-refractivity contribution in [2.24, 2.45) is 5.73 Å². The first-order valence-corrected chi connectivity index (χ1v) is 3.13. The van der Waals surface area contributed by atoms with Crippen molar-refractivity contribution in [1.82, 2.24) is 0 Å². The number of aliphatic hydroxyl groups is 1. The Bertz CT molecular complexity index is 131. The van der Waals surface area contributed by atoms with Crippen LogP contribution in [0.1, 0.15) is 25.7 Å². The van der Waals surface area contributed by atoms with Gasteiger partial charge in [0.25, 0.3) is 0 Å². The molecule has 1 atom stereocenters. The molecule has 0 aromatic rings. The van der Waals surface area contributed by atoms with Gasteiger partial charge in [-0.15, -0.1) is 0 Å². The molecule has 1 rings (SSSR count). The zero-order valence-electron chi connectivity index (χ0n) is 5.26. The molecule has 9 heavy (non-hydrogen) atoms. The van der Waals surface area contributed by atoms with Crippen molar-refractivity contribution in [3.05, 3.63) is 0 Å². The molecule has 3 N–H and O–H groups in total. The highest BCUT2D eigenvalue weighted by Gasteiger charge is 2.28. The normalized spacial score (nSPS) is 36.9. The molecule has 52 valence electrons. The first kappa shape index (κ1) is 6.71. The number of hydrogen-bond acceptors (Lipinski definition) is 3. The number of Topliss-reactive ketones (excluding diaryl/α,β-unsaturated/α-hetero) is 1. The van der Waals surface area contributed by atoms with Crippen LogP contribution in [0.4, 0.5) is 0 Å². The van der Waals surface area contributed by atoms with Crippen LogP contribution in [0, 0.1) is 0 Å². The van der Waals surface area contributed by atoms with Crippen LogP contribution in [0.2, 0.25) is 0 Å². The van der Waals surface area contributed by atoms with Gasteiger partial charge in [0.15, 0.2) is 0 Å². The van der Waals surface area contributed by atoms with E-state index in [9.17, 15) is 4.79 Å². The van der Waals surface area contributed by atoms with E-state index in [4.69, 9.17) is 10.8 Å². The van der Waals surface area contributed by atoms with Crippen molar-refractivity contribution in [3.63, 3.8) is 0 Å². The van der Waals surface area contributed by atoms with E-state index in [-0.39, 0.29) is 12.2 Å². The molecule has 0 heterocycles. The summed E-state index contributed by atoms with van der Waals surface area (Å²) >= 11 is 0. The minimum absolute atomic E-state index is 0.0752. The Hall–Kier alpha value is -0.410. The van der Waals surface area contributed by atoms with Gasteiger partial charge in [0.05, 0.1) is 0 Å². The van der Waals surface area contributed by atoms with E-state index in [2.05, 4.69) is 0 Å². The Labute approximate surface area is 53.9 Å². The van der Waals surface area contributed by atoms with Crippen molar-refractivity contribution < 1.29 is 9.90 Å². The van der Waals surface area contributed by atoms with Gasteiger partial charge in [-0.1, -0.05) is 0 Å². The number of ketones is 1. The molecule has 0 aromatic heterocycles. The average Bonchev–Trinajstić information content (AvgIpc) is 1.60. The van der Waals surface area contributed by atoms with Gasteiger partial charge in [-0.2, -0.15) is 0 Å². The highest BCUT2D eigenvalue weighted by Crippen LogP contribution is 2.20. The lowest BCUT2D eigenvalue weighted by Gasteiger charge is -2.25. The smallest absolute Gasteiger partial charge is 0.137 e. The maximum atomic E-state index is 10.6. The van der Waals surface area contributed by atoms with Crippen molar-refractivity contribution >= 4 is 5.78 Å². The summed E-state index contributed by atoms with van der Waals surface area (Å²) in [6.07, 6.45) is 2.00. The summed E-state index contributed by atoms with van der Waals surface area (Å²) in [5.74, 6) is 0.0752. The number of carbonyl (C=O) groups excluding carboxylic acids is 1. The van der Waals surface area contributed by atoms with Gasteiger partial charge in [-0.25, -0.2) is 0 Å². The quantitative estimate of drug-likeness (QED) is 0.444. The van der Waals surface area contributed by atoms with Crippen LogP contribution in [-0.4, -0.2) is 16.6 Å². The van der Waals surface area contributed by atoms with E-state index in [0.29, 0.717) is 12.8 Å². The van der Waals surface area contributed by atoms with Crippen molar-refractivity contribution in [1.29, 1.82) is 0 Å². The lowest BCUT2D eigenvalue weighted by Crippen LogP contribution is -2.44. The minimum Gasteiger partial charge on any atom is -0.376 e. The number of nitrogens with two attached hydrogens (primary N) is 1. The van der Waals surface area contributed by atoms with E-state index < -0.39 is 5.72 Å². The Balaban J connectivity index is 2.51. The maximum Gasteiger partial charge on any atom is 0.137 e. The number of carbonyl (C=O) groups is 1. The topological polar surface area (TPSA) is 63.3 Å². The minimum atomic E-state index is -1.20. The molecule has 0 amide bonds. The number of rotatable bonds is 0. The van der Waals surface area contributed by atoms with Crippen LogP contribution in [0.3, 0.4) is 0 Å². The molecular weight excluding hydrogens is 118 g/mol. The van der Waals surface area contributed by atoms with Crippen molar-refractivity contribution in [2.75, 3.05) is 0 Å². The first-order valence-electron chi connectivity index (χ1n) is 3.13. The van der Waals surface area contributed by atoms with Crippen LogP contribution < -0.4 is 5.73 Å². The monoisotopic (exact) mass is 129 g/mol. The van der Waals surface area contributed by atoms with Gasteiger partial charge in [-0.3, -0.25) is 4.79 Å². The van der Waals surface area contributed by atoms with Crippen LogP contribution in [0.5, 0.6) is 0 Å². The molecule has 0 aliphatic heterocycles. The predicted molar refractivity (Wildman–Crippen MR) is 32.6 cm³/mol. The lowest BCUT2D eigenvalue weighted by atomic mass is 9.92. The second-order valence-corrected chi connectivity index (χ2v) is 2.67. The molecule has 1 aliphatic rings. The molecule has 0 saturated heterocycles. The van der Waals surface area contributed by atoms with Gasteiger partial charge in [-0.05, 0) is 12.8 Å². The summed E-state index contributed by atoms with van der Waals surface area (Å²) in [6.45, 7) is 0. The summed E-state index contributed by atoms with van der Waals surface area (Å²) in [5.41, 5.74) is 4.10.